The van der Waals surface area contributed by atoms with Gasteiger partial charge in [-0.25, -0.2) is 9.79 Å². The molecule has 62 valence electrons. The summed E-state index contributed by atoms with van der Waals surface area (Å²) in [5, 5.41) is 8.26. The second-order valence-electron chi connectivity index (χ2n) is 2.19. The van der Waals surface area contributed by atoms with E-state index in [1.165, 1.54) is 0 Å². The summed E-state index contributed by atoms with van der Waals surface area (Å²) >= 11 is 0. The van der Waals surface area contributed by atoms with Gasteiger partial charge in [0.1, 0.15) is 6.21 Å². The Morgan fingerprint density at radius 2 is 2.33 bits per heavy atom. The standard InChI is InChI=1S/C8H8N2O2/c9-6-2-1-3-7(4-6)10-5-8(11)12/h1-5H,9H2,(H,11,12). The van der Waals surface area contributed by atoms with Crippen molar-refractivity contribution in [2.24, 2.45) is 4.99 Å². The Morgan fingerprint density at radius 3 is 2.92 bits per heavy atom. The SMILES string of the molecule is Nc1cccc(N=CC(=O)O)c1. The molecule has 0 saturated heterocycles. The van der Waals surface area contributed by atoms with Gasteiger partial charge in [0, 0.05) is 5.69 Å². The number of carboxylic acid groups (broad SMARTS) is 1. The van der Waals surface area contributed by atoms with Crippen molar-refractivity contribution in [1.29, 1.82) is 0 Å². The van der Waals surface area contributed by atoms with Crippen molar-refractivity contribution in [2.45, 2.75) is 0 Å². The van der Waals surface area contributed by atoms with Crippen LogP contribution in [0.1, 0.15) is 0 Å². The van der Waals surface area contributed by atoms with Crippen molar-refractivity contribution in [1.82, 2.24) is 0 Å². The van der Waals surface area contributed by atoms with Crippen LogP contribution >= 0.6 is 0 Å². The average molecular weight is 164 g/mol. The highest BCUT2D eigenvalue weighted by Crippen LogP contribution is 2.14. The highest BCUT2D eigenvalue weighted by Gasteiger charge is 1.90. The fourth-order valence-electron chi connectivity index (χ4n) is 0.735. The van der Waals surface area contributed by atoms with Crippen LogP contribution in [0.15, 0.2) is 29.3 Å². The summed E-state index contributed by atoms with van der Waals surface area (Å²) in [7, 11) is 0. The van der Waals surface area contributed by atoms with Gasteiger partial charge in [-0.2, -0.15) is 0 Å². The lowest BCUT2D eigenvalue weighted by molar-refractivity contribution is -0.128. The molecule has 0 fully saturated rings. The highest BCUT2D eigenvalue weighted by molar-refractivity contribution is 6.22. The molecule has 0 saturated carbocycles. The molecule has 0 heterocycles. The van der Waals surface area contributed by atoms with Gasteiger partial charge in [-0.05, 0) is 18.2 Å². The number of benzene rings is 1. The summed E-state index contributed by atoms with van der Waals surface area (Å²) in [6, 6.07) is 6.69. The fourth-order valence-corrected chi connectivity index (χ4v) is 0.735. The molecule has 1 rings (SSSR count). The number of aliphatic carboxylic acids is 1. The lowest BCUT2D eigenvalue weighted by atomic mass is 10.3. The van der Waals surface area contributed by atoms with Crippen LogP contribution in [0.25, 0.3) is 0 Å². The van der Waals surface area contributed by atoms with E-state index in [2.05, 4.69) is 4.99 Å². The maximum absolute atomic E-state index is 10.1. The number of hydrogen-bond acceptors (Lipinski definition) is 3. The third-order valence-corrected chi connectivity index (χ3v) is 1.19. The van der Waals surface area contributed by atoms with E-state index >= 15 is 0 Å². The van der Waals surface area contributed by atoms with Gasteiger partial charge in [0.2, 0.25) is 0 Å². The van der Waals surface area contributed by atoms with E-state index in [1.54, 1.807) is 24.3 Å². The first-order valence-corrected chi connectivity index (χ1v) is 3.31. The van der Waals surface area contributed by atoms with Gasteiger partial charge >= 0.3 is 5.97 Å². The Kier molecular flexibility index (Phi) is 2.42. The summed E-state index contributed by atoms with van der Waals surface area (Å²) in [5.74, 6) is -1.07. The zero-order chi connectivity index (χ0) is 8.97. The lowest BCUT2D eigenvalue weighted by Gasteiger charge is -1.93. The van der Waals surface area contributed by atoms with E-state index in [1.807, 2.05) is 0 Å². The van der Waals surface area contributed by atoms with Crippen molar-refractivity contribution >= 4 is 23.6 Å². The fraction of sp³-hybridized carbons (Fsp3) is 0. The molecular formula is C8H8N2O2. The van der Waals surface area contributed by atoms with E-state index in [0.29, 0.717) is 11.4 Å². The first kappa shape index (κ1) is 8.26. The molecule has 0 amide bonds. The Balaban J connectivity index is 2.83. The predicted molar refractivity (Wildman–Crippen MR) is 46.6 cm³/mol. The molecular weight excluding hydrogens is 156 g/mol. The van der Waals surface area contributed by atoms with Crippen LogP contribution in [0.5, 0.6) is 0 Å². The molecule has 4 nitrogen and oxygen atoms in total. The lowest BCUT2D eigenvalue weighted by Crippen LogP contribution is -1.93. The minimum absolute atomic E-state index is 0.539. The zero-order valence-electron chi connectivity index (χ0n) is 6.27. The maximum atomic E-state index is 10.1. The van der Waals surface area contributed by atoms with Gasteiger partial charge in [0.05, 0.1) is 5.69 Å². The van der Waals surface area contributed by atoms with Crippen LogP contribution in [0.4, 0.5) is 11.4 Å². The smallest absolute Gasteiger partial charge is 0.346 e. The number of carboxylic acids is 1. The summed E-state index contributed by atoms with van der Waals surface area (Å²) < 4.78 is 0. The third kappa shape index (κ3) is 2.42. The molecule has 0 atom stereocenters. The minimum atomic E-state index is -1.07. The van der Waals surface area contributed by atoms with Gasteiger partial charge < -0.3 is 10.8 Å². The van der Waals surface area contributed by atoms with Crippen LogP contribution < -0.4 is 5.73 Å². The van der Waals surface area contributed by atoms with E-state index in [4.69, 9.17) is 10.8 Å². The largest absolute Gasteiger partial charge is 0.477 e. The normalized spacial score (nSPS) is 10.3. The molecule has 0 radical (unpaired) electrons. The number of hydrogen-bond donors (Lipinski definition) is 2. The summed E-state index contributed by atoms with van der Waals surface area (Å²) in [6.07, 6.45) is 0.828. The molecule has 1 aromatic carbocycles. The molecule has 0 aliphatic carbocycles. The van der Waals surface area contributed by atoms with E-state index in [0.717, 1.165) is 6.21 Å². The highest BCUT2D eigenvalue weighted by atomic mass is 16.4. The summed E-state index contributed by atoms with van der Waals surface area (Å²) in [5.41, 5.74) is 6.55. The molecule has 0 aromatic heterocycles. The monoisotopic (exact) mass is 164 g/mol. The average Bonchev–Trinajstić information content (AvgIpc) is 2.01. The molecule has 4 heteroatoms. The van der Waals surface area contributed by atoms with Crippen molar-refractivity contribution in [2.75, 3.05) is 5.73 Å². The van der Waals surface area contributed by atoms with Crippen molar-refractivity contribution < 1.29 is 9.90 Å². The molecule has 3 N–H and O–H groups in total. The first-order chi connectivity index (χ1) is 5.68. The van der Waals surface area contributed by atoms with Crippen molar-refractivity contribution in [3.63, 3.8) is 0 Å². The third-order valence-electron chi connectivity index (χ3n) is 1.19. The van der Waals surface area contributed by atoms with Crippen LogP contribution in [-0.4, -0.2) is 17.3 Å². The second-order valence-corrected chi connectivity index (χ2v) is 2.19. The van der Waals surface area contributed by atoms with Crippen LogP contribution in [0, 0.1) is 0 Å². The topological polar surface area (TPSA) is 75.7 Å². The second kappa shape index (κ2) is 3.52. The number of aliphatic imine (C=N–C) groups is 1. The molecule has 12 heavy (non-hydrogen) atoms. The van der Waals surface area contributed by atoms with E-state index < -0.39 is 5.97 Å². The maximum Gasteiger partial charge on any atom is 0.346 e. The summed E-state index contributed by atoms with van der Waals surface area (Å²) in [6.45, 7) is 0. The van der Waals surface area contributed by atoms with Crippen molar-refractivity contribution in [3.8, 4) is 0 Å². The van der Waals surface area contributed by atoms with Crippen molar-refractivity contribution in [3.05, 3.63) is 24.3 Å². The Labute approximate surface area is 69.4 Å². The van der Waals surface area contributed by atoms with Crippen LogP contribution in [0.2, 0.25) is 0 Å². The van der Waals surface area contributed by atoms with Gasteiger partial charge in [0.15, 0.2) is 0 Å². The Bertz CT molecular complexity index is 321. The zero-order valence-corrected chi connectivity index (χ0v) is 6.27. The number of carbonyl (C=O) groups is 1. The van der Waals surface area contributed by atoms with Gasteiger partial charge in [-0.15, -0.1) is 0 Å². The van der Waals surface area contributed by atoms with Gasteiger partial charge in [-0.3, -0.25) is 0 Å². The predicted octanol–water partition coefficient (Wildman–Crippen LogP) is 1.06. The minimum Gasteiger partial charge on any atom is -0.477 e. The number of nitrogens with two attached hydrogens (primary N) is 1. The van der Waals surface area contributed by atoms with Gasteiger partial charge in [0.25, 0.3) is 0 Å². The quantitative estimate of drug-likeness (QED) is 0.506. The van der Waals surface area contributed by atoms with E-state index in [9.17, 15) is 4.79 Å². The van der Waals surface area contributed by atoms with Crippen LogP contribution in [0.3, 0.4) is 0 Å². The molecule has 0 aliphatic rings. The van der Waals surface area contributed by atoms with Gasteiger partial charge in [-0.1, -0.05) is 6.07 Å². The molecule has 1 aromatic rings. The summed E-state index contributed by atoms with van der Waals surface area (Å²) in [4.78, 5) is 13.7. The first-order valence-electron chi connectivity index (χ1n) is 3.31. The number of nitrogen functional groups attached to an aromatic ring is 1. The van der Waals surface area contributed by atoms with E-state index in [-0.39, 0.29) is 0 Å². The molecule has 0 spiro atoms. The molecule has 0 aliphatic heterocycles. The molecule has 0 bridgehead atoms. The number of nitrogens with zero attached hydrogens (tertiary/aromatic N) is 1. The number of rotatable bonds is 2. The molecule has 0 unspecified atom stereocenters. The Hall–Kier alpha value is -1.84. The number of anilines is 1. The Morgan fingerprint density at radius 1 is 1.58 bits per heavy atom. The van der Waals surface area contributed by atoms with Crippen LogP contribution in [-0.2, 0) is 4.79 Å².